The molecule has 0 radical (unpaired) electrons. The molecule has 0 saturated carbocycles. The highest BCUT2D eigenvalue weighted by atomic mass is 32.2. The molecule has 0 unspecified atom stereocenters. The molecule has 6 heteroatoms. The normalized spacial score (nSPS) is 18.2. The Morgan fingerprint density at radius 1 is 1.58 bits per heavy atom. The fraction of sp³-hybridized carbons (Fsp3) is 0.667. The van der Waals surface area contributed by atoms with Crippen LogP contribution in [0.2, 0.25) is 0 Å². The van der Waals surface area contributed by atoms with E-state index in [2.05, 4.69) is 14.8 Å². The third-order valence-corrected chi connectivity index (χ3v) is 2.68. The van der Waals surface area contributed by atoms with Gasteiger partial charge in [-0.1, -0.05) is 4.79 Å². The molecule has 1 fully saturated rings. The van der Waals surface area contributed by atoms with E-state index in [0.717, 1.165) is 24.6 Å². The minimum absolute atomic E-state index is 0.105. The summed E-state index contributed by atoms with van der Waals surface area (Å²) in [5, 5.41) is 12.9. The second kappa shape index (κ2) is 3.22. The van der Waals surface area contributed by atoms with Gasteiger partial charge in [-0.25, -0.2) is 0 Å². The van der Waals surface area contributed by atoms with Crippen molar-refractivity contribution in [2.45, 2.75) is 0 Å². The maximum absolute atomic E-state index is 7.15. The Morgan fingerprint density at radius 2 is 2.33 bits per heavy atom. The molecule has 66 valence electrons. The van der Waals surface area contributed by atoms with E-state index >= 15 is 0 Å². The molecule has 1 N–H and O–H groups in total. The number of nitrogens with zero attached hydrogens (tertiary/aromatic N) is 3. The van der Waals surface area contributed by atoms with Gasteiger partial charge in [0.2, 0.25) is 0 Å². The lowest BCUT2D eigenvalue weighted by atomic mass is 10.6. The van der Waals surface area contributed by atoms with E-state index in [1.54, 1.807) is 11.0 Å². The number of thioether (sulfide) groups is 1. The summed E-state index contributed by atoms with van der Waals surface area (Å²) < 4.78 is 4.65. The van der Waals surface area contributed by atoms with E-state index < -0.39 is 0 Å². The Bertz CT molecular complexity index is 300. The smallest absolute Gasteiger partial charge is 0.286 e. The van der Waals surface area contributed by atoms with Gasteiger partial charge in [0.1, 0.15) is 0 Å². The third-order valence-electron chi connectivity index (χ3n) is 1.73. The van der Waals surface area contributed by atoms with Crippen LogP contribution in [0.1, 0.15) is 0 Å². The van der Waals surface area contributed by atoms with Gasteiger partial charge in [0.05, 0.1) is 0 Å². The Morgan fingerprint density at radius 3 is 2.92 bits per heavy atom. The van der Waals surface area contributed by atoms with Crippen molar-refractivity contribution in [2.24, 2.45) is 0 Å². The van der Waals surface area contributed by atoms with Crippen LogP contribution in [0.3, 0.4) is 0 Å². The quantitative estimate of drug-likeness (QED) is 0.553. The van der Waals surface area contributed by atoms with Crippen molar-refractivity contribution >= 4 is 11.8 Å². The predicted molar refractivity (Wildman–Crippen MR) is 43.4 cm³/mol. The second-order valence-electron chi connectivity index (χ2n) is 2.55. The molecule has 1 aliphatic heterocycles. The zero-order valence-corrected chi connectivity index (χ0v) is 7.38. The second-order valence-corrected chi connectivity index (χ2v) is 3.78. The Kier molecular flexibility index (Phi) is 2.07. The van der Waals surface area contributed by atoms with Gasteiger partial charge in [0.15, 0.2) is 0 Å². The zero-order chi connectivity index (χ0) is 8.39. The molecule has 0 aromatic carbocycles. The minimum atomic E-state index is 0.105. The first-order valence-corrected chi connectivity index (χ1v) is 4.95. The van der Waals surface area contributed by atoms with Gasteiger partial charge in [-0.2, -0.15) is 11.8 Å². The van der Waals surface area contributed by atoms with Crippen LogP contribution in [0.25, 0.3) is 0 Å². The maximum atomic E-state index is 7.15. The average Bonchev–Trinajstić information content (AvgIpc) is 2.54. The summed E-state index contributed by atoms with van der Waals surface area (Å²) in [6.07, 6.45) is 1.58. The molecular weight excluding hydrogens is 176 g/mol. The molecule has 1 aromatic rings. The van der Waals surface area contributed by atoms with Crippen molar-refractivity contribution in [3.05, 3.63) is 11.8 Å². The summed E-state index contributed by atoms with van der Waals surface area (Å²) in [6, 6.07) is 0. The molecule has 1 aromatic heterocycles. The number of nitrogens with one attached hydrogen (secondary N) is 1. The molecule has 1 aliphatic rings. The van der Waals surface area contributed by atoms with Crippen LogP contribution < -0.4 is 20.6 Å². The summed E-state index contributed by atoms with van der Waals surface area (Å²) in [5.41, 5.74) is 0.105. The van der Waals surface area contributed by atoms with Crippen LogP contribution in [0.4, 0.5) is 0 Å². The maximum Gasteiger partial charge on any atom is 0.286 e. The first-order chi connectivity index (χ1) is 5.86. The molecule has 2 rings (SSSR count). The number of hydrogen-bond acceptors (Lipinski definition) is 4. The van der Waals surface area contributed by atoms with Crippen LogP contribution >= 0.6 is 11.8 Å². The lowest BCUT2D eigenvalue weighted by Crippen LogP contribution is -2.62. The lowest BCUT2D eigenvalue weighted by molar-refractivity contribution is -0.763. The van der Waals surface area contributed by atoms with Crippen LogP contribution in [0.5, 0.6) is 0 Å². The van der Waals surface area contributed by atoms with E-state index in [-0.39, 0.29) is 5.55 Å². The van der Waals surface area contributed by atoms with Crippen molar-refractivity contribution in [3.8, 4) is 0 Å². The van der Waals surface area contributed by atoms with Crippen LogP contribution in [0, 0.1) is 5.41 Å². The largest absolute Gasteiger partial charge is 0.380 e. The van der Waals surface area contributed by atoms with Gasteiger partial charge in [0.25, 0.3) is 11.8 Å². The summed E-state index contributed by atoms with van der Waals surface area (Å²) in [4.78, 5) is 1.61. The van der Waals surface area contributed by atoms with Gasteiger partial charge in [-0.15, -0.1) is 0 Å². The predicted octanol–water partition coefficient (Wildman–Crippen LogP) is -1.31. The number of rotatable bonds is 1. The monoisotopic (exact) mass is 186 g/mol. The Hall–Kier alpha value is -0.910. The summed E-state index contributed by atoms with van der Waals surface area (Å²) in [6.45, 7) is 1.95. The van der Waals surface area contributed by atoms with Gasteiger partial charge >= 0.3 is 0 Å². The third kappa shape index (κ3) is 1.47. The molecule has 0 atom stereocenters. The average molecular weight is 186 g/mol. The van der Waals surface area contributed by atoms with Crippen molar-refractivity contribution in [1.29, 1.82) is 5.41 Å². The Balaban J connectivity index is 2.13. The van der Waals surface area contributed by atoms with Crippen molar-refractivity contribution in [2.75, 3.05) is 29.6 Å². The van der Waals surface area contributed by atoms with E-state index in [1.807, 2.05) is 11.8 Å². The number of hydrogen-bond donors (Lipinski definition) is 1. The molecule has 5 nitrogen and oxygen atoms in total. The van der Waals surface area contributed by atoms with Crippen LogP contribution in [-0.2, 0) is 0 Å². The fourth-order valence-corrected chi connectivity index (χ4v) is 2.01. The van der Waals surface area contributed by atoms with Crippen molar-refractivity contribution in [1.82, 2.24) is 5.27 Å². The minimum Gasteiger partial charge on any atom is -0.380 e. The zero-order valence-electron chi connectivity index (χ0n) is 6.56. The summed E-state index contributed by atoms with van der Waals surface area (Å²) in [7, 11) is 0. The molecule has 0 bridgehead atoms. The van der Waals surface area contributed by atoms with Gasteiger partial charge in [0, 0.05) is 13.1 Å². The first-order valence-electron chi connectivity index (χ1n) is 3.79. The van der Waals surface area contributed by atoms with Gasteiger partial charge < -0.3 is 4.52 Å². The highest BCUT2D eigenvalue weighted by Crippen LogP contribution is 2.04. The van der Waals surface area contributed by atoms with E-state index in [9.17, 15) is 0 Å². The number of aromatic nitrogens is 2. The SMILES string of the molecule is N=c1c[n+](N2CCSCC2)[n-]o1. The molecule has 12 heavy (non-hydrogen) atoms. The van der Waals surface area contributed by atoms with Crippen molar-refractivity contribution < 1.29 is 9.31 Å². The summed E-state index contributed by atoms with van der Waals surface area (Å²) in [5.74, 6) is 2.24. The molecule has 0 amide bonds. The topological polar surface area (TPSA) is 58.2 Å². The van der Waals surface area contributed by atoms with Crippen LogP contribution in [-0.4, -0.2) is 24.6 Å². The van der Waals surface area contributed by atoms with Gasteiger partial charge in [-0.05, 0) is 16.8 Å². The van der Waals surface area contributed by atoms with E-state index in [0.29, 0.717) is 0 Å². The van der Waals surface area contributed by atoms with Crippen molar-refractivity contribution in [3.63, 3.8) is 0 Å². The highest BCUT2D eigenvalue weighted by Gasteiger charge is 2.11. The van der Waals surface area contributed by atoms with Crippen LogP contribution in [0.15, 0.2) is 10.7 Å². The molecule has 0 aliphatic carbocycles. The molecular formula is C6H10N4OS. The standard InChI is InChI=1S/C6H10N4OS/c7-6-5-10(8-11-6)9-1-3-12-4-2-9/h5,7H,1-4H2. The van der Waals surface area contributed by atoms with E-state index in [4.69, 9.17) is 5.41 Å². The highest BCUT2D eigenvalue weighted by molar-refractivity contribution is 7.99. The van der Waals surface area contributed by atoms with Gasteiger partial charge in [-0.3, -0.25) is 10.4 Å². The molecule has 1 saturated heterocycles. The fourth-order valence-electron chi connectivity index (χ4n) is 1.13. The molecule has 2 heterocycles. The first kappa shape index (κ1) is 7.72. The Labute approximate surface area is 73.8 Å². The van der Waals surface area contributed by atoms with E-state index in [1.165, 1.54) is 0 Å². The summed E-state index contributed by atoms with van der Waals surface area (Å²) >= 11 is 1.94. The lowest BCUT2D eigenvalue weighted by Gasteiger charge is -2.26. The molecule has 0 spiro atoms.